The van der Waals surface area contributed by atoms with Gasteiger partial charge in [-0.3, -0.25) is 10.4 Å². The van der Waals surface area contributed by atoms with Gasteiger partial charge in [0, 0.05) is 54.2 Å². The van der Waals surface area contributed by atoms with Crippen molar-refractivity contribution in [2.45, 2.75) is 4.71 Å². The monoisotopic (exact) mass is 482 g/mol. The standard InChI is InChI=1S/C11H17N3O2S2.Au/c15-14(16)10-3-1-9(2-4-10)12-5-7-13(8-6-12)11(17)18;/h1-4,11,15-18H,5-8H2;/p-2. The van der Waals surface area contributed by atoms with E-state index in [-0.39, 0.29) is 32.3 Å². The molecule has 1 aliphatic heterocycles. The normalized spacial score (nSPS) is 16.4. The molecule has 1 aliphatic rings. The van der Waals surface area contributed by atoms with Gasteiger partial charge in [0.2, 0.25) is 0 Å². The third kappa shape index (κ3) is 4.57. The van der Waals surface area contributed by atoms with Gasteiger partial charge in [-0.15, -0.1) is 5.23 Å². The maximum Gasteiger partial charge on any atom is 0.0944 e. The Morgan fingerprint density at radius 1 is 1.00 bits per heavy atom. The quantitative estimate of drug-likeness (QED) is 0.375. The molecule has 1 heterocycles. The van der Waals surface area contributed by atoms with E-state index in [0.717, 1.165) is 31.9 Å². The summed E-state index contributed by atoms with van der Waals surface area (Å²) in [5.41, 5.74) is 1.40. The van der Waals surface area contributed by atoms with Crippen molar-refractivity contribution in [2.75, 3.05) is 36.3 Å². The van der Waals surface area contributed by atoms with E-state index in [2.05, 4.69) is 9.80 Å². The molecule has 8 heteroatoms. The van der Waals surface area contributed by atoms with E-state index in [4.69, 9.17) is 35.7 Å². The summed E-state index contributed by atoms with van der Waals surface area (Å²) in [6, 6.07) is 7.04. The first-order valence-electron chi connectivity index (χ1n) is 5.66. The van der Waals surface area contributed by atoms with Gasteiger partial charge < -0.3 is 35.1 Å². The number of anilines is 2. The zero-order chi connectivity index (χ0) is 13.1. The molecule has 1 fully saturated rings. The van der Waals surface area contributed by atoms with Crippen LogP contribution in [0.1, 0.15) is 0 Å². The van der Waals surface area contributed by atoms with Crippen molar-refractivity contribution in [3.05, 3.63) is 24.3 Å². The largest absolute Gasteiger partial charge is 0.800 e. The molecule has 0 spiro atoms. The summed E-state index contributed by atoms with van der Waals surface area (Å²) in [6.07, 6.45) is 0. The maximum absolute atomic E-state index is 8.87. The molecule has 0 atom stereocenters. The third-order valence-corrected chi connectivity index (χ3v) is 3.65. The van der Waals surface area contributed by atoms with Crippen molar-refractivity contribution in [3.8, 4) is 0 Å². The number of piperazine rings is 1. The first-order chi connectivity index (χ1) is 8.58. The molecule has 1 aromatic rings. The van der Waals surface area contributed by atoms with E-state index < -0.39 is 0 Å². The second-order valence-corrected chi connectivity index (χ2v) is 5.33. The molecule has 0 bridgehead atoms. The number of hydrogen-bond donors (Lipinski definition) is 2. The fourth-order valence-corrected chi connectivity index (χ4v) is 2.41. The maximum atomic E-state index is 8.87. The Balaban J connectivity index is 0.00000180. The average Bonchev–Trinajstić information content (AvgIpc) is 2.39. The van der Waals surface area contributed by atoms with E-state index in [9.17, 15) is 0 Å². The summed E-state index contributed by atoms with van der Waals surface area (Å²) in [5, 5.41) is 17.8. The minimum Gasteiger partial charge on any atom is -0.800 e. The summed E-state index contributed by atoms with van der Waals surface area (Å²) in [6.45, 7) is 3.49. The molecule has 0 aliphatic carbocycles. The summed E-state index contributed by atoms with van der Waals surface area (Å²) in [4.78, 5) is 4.32. The van der Waals surface area contributed by atoms with Gasteiger partial charge in [0.25, 0.3) is 0 Å². The third-order valence-electron chi connectivity index (χ3n) is 3.06. The topological polar surface area (TPSA) is 50.2 Å². The van der Waals surface area contributed by atoms with Crippen LogP contribution < -0.4 is 10.1 Å². The van der Waals surface area contributed by atoms with Crippen molar-refractivity contribution < 1.29 is 32.8 Å². The Morgan fingerprint density at radius 3 is 1.95 bits per heavy atom. The smallest absolute Gasteiger partial charge is 0.0944 e. The van der Waals surface area contributed by atoms with Gasteiger partial charge in [0.15, 0.2) is 0 Å². The number of nitrogens with zero attached hydrogens (tertiary/aromatic N) is 3. The van der Waals surface area contributed by atoms with Crippen molar-refractivity contribution in [1.29, 1.82) is 0 Å². The molecule has 2 rings (SSSR count). The van der Waals surface area contributed by atoms with Crippen LogP contribution in [0.15, 0.2) is 24.3 Å². The Morgan fingerprint density at radius 2 is 1.53 bits per heavy atom. The minimum absolute atomic E-state index is 0. The fraction of sp³-hybridized carbons (Fsp3) is 0.455. The van der Waals surface area contributed by atoms with Gasteiger partial charge in [-0.05, 0) is 24.3 Å². The molecule has 0 aromatic heterocycles. The summed E-state index contributed by atoms with van der Waals surface area (Å²) >= 11 is 10.1. The zero-order valence-electron chi connectivity index (χ0n) is 10.1. The Labute approximate surface area is 139 Å². The van der Waals surface area contributed by atoms with E-state index in [1.807, 2.05) is 12.1 Å². The first kappa shape index (κ1) is 17.2. The van der Waals surface area contributed by atoms with Crippen LogP contribution in [0.5, 0.6) is 0 Å². The number of hydrogen-bond acceptors (Lipinski definition) is 7. The second kappa shape index (κ2) is 7.80. The van der Waals surface area contributed by atoms with Crippen molar-refractivity contribution >= 4 is 36.6 Å². The van der Waals surface area contributed by atoms with Crippen LogP contribution in [0.2, 0.25) is 0 Å². The molecule has 19 heavy (non-hydrogen) atoms. The van der Waals surface area contributed by atoms with Crippen molar-refractivity contribution in [3.63, 3.8) is 0 Å². The SMILES string of the molecule is ON(O)c1ccc(N2CCN(C([S-])[S-])CC2)cc1.[Au]. The van der Waals surface area contributed by atoms with Gasteiger partial charge >= 0.3 is 0 Å². The van der Waals surface area contributed by atoms with Gasteiger partial charge in [0.1, 0.15) is 0 Å². The Bertz CT molecular complexity index is 384. The number of benzene rings is 1. The first-order valence-corrected chi connectivity index (χ1v) is 6.61. The van der Waals surface area contributed by atoms with E-state index >= 15 is 0 Å². The molecule has 111 valence electrons. The molecular weight excluding hydrogens is 467 g/mol. The molecule has 0 saturated carbocycles. The van der Waals surface area contributed by atoms with E-state index in [0.29, 0.717) is 5.69 Å². The second-order valence-electron chi connectivity index (χ2n) is 4.14. The van der Waals surface area contributed by atoms with E-state index in [1.54, 1.807) is 12.1 Å². The molecule has 1 saturated heterocycles. The molecule has 5 nitrogen and oxygen atoms in total. The van der Waals surface area contributed by atoms with Crippen LogP contribution in [0.25, 0.3) is 0 Å². The van der Waals surface area contributed by atoms with Crippen LogP contribution >= 0.6 is 0 Å². The fourth-order valence-electron chi connectivity index (χ4n) is 1.99. The van der Waals surface area contributed by atoms with Gasteiger partial charge in [-0.2, -0.15) is 0 Å². The molecule has 2 N–H and O–H groups in total. The number of rotatable bonds is 3. The molecule has 1 aromatic carbocycles. The van der Waals surface area contributed by atoms with Gasteiger partial charge in [0.05, 0.1) is 5.69 Å². The van der Waals surface area contributed by atoms with Crippen molar-refractivity contribution in [2.24, 2.45) is 0 Å². The van der Waals surface area contributed by atoms with Gasteiger partial charge in [-0.1, -0.05) is 0 Å². The predicted octanol–water partition coefficient (Wildman–Crippen LogP) is 0.768. The molecule has 0 amide bonds. The summed E-state index contributed by atoms with van der Waals surface area (Å²) in [7, 11) is 0. The average molecular weight is 482 g/mol. The zero-order valence-corrected chi connectivity index (χ0v) is 13.9. The van der Waals surface area contributed by atoms with Crippen LogP contribution in [-0.2, 0) is 47.6 Å². The van der Waals surface area contributed by atoms with Crippen LogP contribution in [0, 0.1) is 0 Å². The predicted molar refractivity (Wildman–Crippen MR) is 74.8 cm³/mol. The summed E-state index contributed by atoms with van der Waals surface area (Å²) in [5.74, 6) is 0. The van der Waals surface area contributed by atoms with Gasteiger partial charge in [-0.25, -0.2) is 4.71 Å². The van der Waals surface area contributed by atoms with Crippen molar-refractivity contribution in [1.82, 2.24) is 4.90 Å². The summed E-state index contributed by atoms with van der Waals surface area (Å²) < 4.78 is -0.230. The van der Waals surface area contributed by atoms with Crippen LogP contribution in [0.3, 0.4) is 0 Å². The van der Waals surface area contributed by atoms with Crippen LogP contribution in [0.4, 0.5) is 11.4 Å². The van der Waals surface area contributed by atoms with Crippen LogP contribution in [-0.4, -0.2) is 46.2 Å². The molecule has 1 radical (unpaired) electrons. The molecule has 0 unspecified atom stereocenters. The Hall–Kier alpha value is 0.140. The molecular formula is C11H15AuN3O2S2-2. The van der Waals surface area contributed by atoms with E-state index in [1.165, 1.54) is 0 Å². The Kier molecular flexibility index (Phi) is 7.06. The minimum atomic E-state index is -0.230.